The van der Waals surface area contributed by atoms with Gasteiger partial charge in [-0.3, -0.25) is 9.69 Å². The Morgan fingerprint density at radius 2 is 2.06 bits per heavy atom. The lowest BCUT2D eigenvalue weighted by molar-refractivity contribution is -0.143. The molecule has 1 N–H and O–H groups in total. The Labute approximate surface area is 98.8 Å². The van der Waals surface area contributed by atoms with E-state index >= 15 is 0 Å². The molecule has 16 heavy (non-hydrogen) atoms. The van der Waals surface area contributed by atoms with Crippen molar-refractivity contribution in [2.75, 3.05) is 6.54 Å². The second-order valence-corrected chi connectivity index (χ2v) is 5.02. The summed E-state index contributed by atoms with van der Waals surface area (Å²) in [6.07, 6.45) is 6.17. The molecule has 3 heteroatoms. The Balaban J connectivity index is 2.69. The second kappa shape index (κ2) is 6.24. The monoisotopic (exact) mass is 227 g/mol. The number of carbonyl (C=O) groups is 1. The third-order valence-corrected chi connectivity index (χ3v) is 4.03. The average molecular weight is 227 g/mol. The van der Waals surface area contributed by atoms with Crippen LogP contribution in [0.25, 0.3) is 0 Å². The van der Waals surface area contributed by atoms with Crippen LogP contribution < -0.4 is 0 Å². The van der Waals surface area contributed by atoms with Crippen molar-refractivity contribution in [2.45, 2.75) is 65.0 Å². The zero-order valence-corrected chi connectivity index (χ0v) is 10.8. The Kier molecular flexibility index (Phi) is 5.26. The van der Waals surface area contributed by atoms with E-state index in [4.69, 9.17) is 5.11 Å². The lowest BCUT2D eigenvalue weighted by atomic mass is 9.98. The van der Waals surface area contributed by atoms with Crippen molar-refractivity contribution in [3.8, 4) is 0 Å². The highest BCUT2D eigenvalue weighted by molar-refractivity contribution is 5.70. The van der Waals surface area contributed by atoms with Crippen molar-refractivity contribution in [2.24, 2.45) is 5.92 Å². The largest absolute Gasteiger partial charge is 0.481 e. The molecule has 0 spiro atoms. The Morgan fingerprint density at radius 3 is 2.62 bits per heavy atom. The highest BCUT2D eigenvalue weighted by Crippen LogP contribution is 2.24. The number of rotatable bonds is 4. The molecule has 1 saturated heterocycles. The summed E-state index contributed by atoms with van der Waals surface area (Å²) in [4.78, 5) is 13.5. The lowest BCUT2D eigenvalue weighted by Gasteiger charge is -2.36. The standard InChI is InChI=1S/C13H25NO2/c1-4-12-8-6-5-7-9-14(12)11(3)10(2)13(15)16/h10-12H,4-9H2,1-3H3,(H,15,16). The van der Waals surface area contributed by atoms with Crippen LogP contribution in [0.5, 0.6) is 0 Å². The minimum absolute atomic E-state index is 0.153. The predicted octanol–water partition coefficient (Wildman–Crippen LogP) is 2.75. The minimum Gasteiger partial charge on any atom is -0.481 e. The van der Waals surface area contributed by atoms with Crippen molar-refractivity contribution in [3.63, 3.8) is 0 Å². The topological polar surface area (TPSA) is 40.5 Å². The van der Waals surface area contributed by atoms with Gasteiger partial charge in [-0.05, 0) is 32.7 Å². The molecule has 0 saturated carbocycles. The van der Waals surface area contributed by atoms with Crippen molar-refractivity contribution in [1.82, 2.24) is 4.90 Å². The Hall–Kier alpha value is -0.570. The fourth-order valence-corrected chi connectivity index (χ4v) is 2.67. The Bertz CT molecular complexity index is 230. The van der Waals surface area contributed by atoms with Crippen LogP contribution >= 0.6 is 0 Å². The first-order valence-corrected chi connectivity index (χ1v) is 6.56. The van der Waals surface area contributed by atoms with Crippen LogP contribution in [0, 0.1) is 5.92 Å². The van der Waals surface area contributed by atoms with E-state index in [9.17, 15) is 4.79 Å². The number of hydrogen-bond donors (Lipinski definition) is 1. The maximum Gasteiger partial charge on any atom is 0.307 e. The zero-order valence-electron chi connectivity index (χ0n) is 10.8. The first kappa shape index (κ1) is 13.5. The summed E-state index contributed by atoms with van der Waals surface area (Å²) < 4.78 is 0. The number of carboxylic acids is 1. The fraction of sp³-hybridized carbons (Fsp3) is 0.923. The van der Waals surface area contributed by atoms with Gasteiger partial charge in [0.25, 0.3) is 0 Å². The molecule has 1 rings (SSSR count). The van der Waals surface area contributed by atoms with Gasteiger partial charge in [0.05, 0.1) is 5.92 Å². The molecular weight excluding hydrogens is 202 g/mol. The van der Waals surface area contributed by atoms with Gasteiger partial charge in [-0.15, -0.1) is 0 Å². The van der Waals surface area contributed by atoms with Gasteiger partial charge in [-0.25, -0.2) is 0 Å². The second-order valence-electron chi connectivity index (χ2n) is 5.02. The van der Waals surface area contributed by atoms with Gasteiger partial charge in [0.2, 0.25) is 0 Å². The average Bonchev–Trinajstić information content (AvgIpc) is 2.51. The number of carboxylic acid groups (broad SMARTS) is 1. The Morgan fingerprint density at radius 1 is 1.38 bits per heavy atom. The van der Waals surface area contributed by atoms with Crippen LogP contribution in [0.15, 0.2) is 0 Å². The number of nitrogens with zero attached hydrogens (tertiary/aromatic N) is 1. The quantitative estimate of drug-likeness (QED) is 0.803. The molecule has 1 aliphatic rings. The van der Waals surface area contributed by atoms with E-state index in [1.165, 1.54) is 25.7 Å². The normalized spacial score (nSPS) is 27.1. The molecule has 94 valence electrons. The van der Waals surface area contributed by atoms with Crippen LogP contribution in [0.3, 0.4) is 0 Å². The molecule has 0 aromatic carbocycles. The van der Waals surface area contributed by atoms with Crippen molar-refractivity contribution in [1.29, 1.82) is 0 Å². The van der Waals surface area contributed by atoms with Gasteiger partial charge in [-0.2, -0.15) is 0 Å². The van der Waals surface area contributed by atoms with Crippen LogP contribution in [-0.4, -0.2) is 34.6 Å². The van der Waals surface area contributed by atoms with Gasteiger partial charge < -0.3 is 5.11 Å². The summed E-state index contributed by atoms with van der Waals surface area (Å²) in [7, 11) is 0. The van der Waals surface area contributed by atoms with Crippen molar-refractivity contribution >= 4 is 5.97 Å². The van der Waals surface area contributed by atoms with E-state index in [0.717, 1.165) is 13.0 Å². The summed E-state index contributed by atoms with van der Waals surface area (Å²) in [5, 5.41) is 9.09. The maximum absolute atomic E-state index is 11.0. The summed E-state index contributed by atoms with van der Waals surface area (Å²) in [5.74, 6) is -0.946. The predicted molar refractivity (Wildman–Crippen MR) is 65.5 cm³/mol. The van der Waals surface area contributed by atoms with Crippen molar-refractivity contribution < 1.29 is 9.90 Å². The van der Waals surface area contributed by atoms with E-state index < -0.39 is 5.97 Å². The third kappa shape index (κ3) is 3.21. The van der Waals surface area contributed by atoms with Gasteiger partial charge in [-0.1, -0.05) is 26.7 Å². The molecule has 3 nitrogen and oxygen atoms in total. The van der Waals surface area contributed by atoms with Crippen LogP contribution in [0.2, 0.25) is 0 Å². The maximum atomic E-state index is 11.0. The molecule has 1 fully saturated rings. The highest BCUT2D eigenvalue weighted by Gasteiger charge is 2.30. The van der Waals surface area contributed by atoms with E-state index in [1.54, 1.807) is 0 Å². The summed E-state index contributed by atoms with van der Waals surface area (Å²) in [5.41, 5.74) is 0. The SMILES string of the molecule is CCC1CCCCCN1C(C)C(C)C(=O)O. The summed E-state index contributed by atoms with van der Waals surface area (Å²) >= 11 is 0. The smallest absolute Gasteiger partial charge is 0.307 e. The van der Waals surface area contributed by atoms with Gasteiger partial charge >= 0.3 is 5.97 Å². The molecular formula is C13H25NO2. The molecule has 3 unspecified atom stereocenters. The molecule has 1 heterocycles. The van der Waals surface area contributed by atoms with E-state index in [2.05, 4.69) is 18.7 Å². The van der Waals surface area contributed by atoms with Crippen LogP contribution in [-0.2, 0) is 4.79 Å². The zero-order chi connectivity index (χ0) is 12.1. The molecule has 0 radical (unpaired) electrons. The molecule has 0 amide bonds. The minimum atomic E-state index is -0.674. The number of likely N-dealkylation sites (tertiary alicyclic amines) is 1. The number of aliphatic carboxylic acids is 1. The molecule has 0 aromatic heterocycles. The summed E-state index contributed by atoms with van der Waals surface area (Å²) in [6.45, 7) is 7.16. The molecule has 0 aromatic rings. The molecule has 1 aliphatic heterocycles. The van der Waals surface area contributed by atoms with Crippen molar-refractivity contribution in [3.05, 3.63) is 0 Å². The molecule has 0 bridgehead atoms. The first-order valence-electron chi connectivity index (χ1n) is 6.56. The van der Waals surface area contributed by atoms with Gasteiger partial charge in [0.1, 0.15) is 0 Å². The fourth-order valence-electron chi connectivity index (χ4n) is 2.67. The van der Waals surface area contributed by atoms with E-state index in [-0.39, 0.29) is 12.0 Å². The van der Waals surface area contributed by atoms with Crippen LogP contribution in [0.1, 0.15) is 52.9 Å². The molecule has 3 atom stereocenters. The highest BCUT2D eigenvalue weighted by atomic mass is 16.4. The lowest BCUT2D eigenvalue weighted by Crippen LogP contribution is -2.46. The van der Waals surface area contributed by atoms with Gasteiger partial charge in [0.15, 0.2) is 0 Å². The van der Waals surface area contributed by atoms with Gasteiger partial charge in [0, 0.05) is 12.1 Å². The molecule has 0 aliphatic carbocycles. The third-order valence-electron chi connectivity index (χ3n) is 4.03. The van der Waals surface area contributed by atoms with Crippen LogP contribution in [0.4, 0.5) is 0 Å². The van der Waals surface area contributed by atoms with E-state index in [1.807, 2.05) is 6.92 Å². The summed E-state index contributed by atoms with van der Waals surface area (Å²) in [6, 6.07) is 0.736. The number of hydrogen-bond acceptors (Lipinski definition) is 2. The van der Waals surface area contributed by atoms with E-state index in [0.29, 0.717) is 6.04 Å². The first-order chi connectivity index (χ1) is 7.57.